The highest BCUT2D eigenvalue weighted by Crippen LogP contribution is 2.05. The molecule has 0 aromatic rings. The lowest BCUT2D eigenvalue weighted by Gasteiger charge is -2.20. The summed E-state index contributed by atoms with van der Waals surface area (Å²) in [5.41, 5.74) is 0. The lowest BCUT2D eigenvalue weighted by Crippen LogP contribution is -2.51. The predicted octanol–water partition coefficient (Wildman–Crippen LogP) is -1.09. The normalized spacial score (nSPS) is 16.2. The molecule has 0 aliphatic rings. The molecule has 0 saturated carbocycles. The van der Waals surface area contributed by atoms with E-state index < -0.39 is 59.4 Å². The summed E-state index contributed by atoms with van der Waals surface area (Å²) in [6, 6.07) is -3.01. The Balaban J connectivity index is 4.89. The van der Waals surface area contributed by atoms with Crippen LogP contribution in [0.25, 0.3) is 0 Å². The molecule has 28 heavy (non-hydrogen) atoms. The van der Waals surface area contributed by atoms with E-state index in [1.165, 1.54) is 27.7 Å². The minimum absolute atomic E-state index is 0.172. The van der Waals surface area contributed by atoms with E-state index in [1.54, 1.807) is 0 Å². The van der Waals surface area contributed by atoms with Crippen LogP contribution in [0.5, 0.6) is 0 Å². The fourth-order valence-corrected chi connectivity index (χ4v) is 1.93. The third kappa shape index (κ3) is 10.0. The first kappa shape index (κ1) is 23.6. The van der Waals surface area contributed by atoms with E-state index in [0.717, 1.165) is 0 Å². The first-order valence-corrected chi connectivity index (χ1v) is 9.15. The molecule has 0 bridgehead atoms. The molecule has 0 aromatic carbocycles. The fraction of sp³-hybridized carbons (Fsp3) is 0.647. The maximum absolute atomic E-state index is 12.3. The van der Waals surface area contributed by atoms with Gasteiger partial charge in [0.1, 0.15) is 20.0 Å². The summed E-state index contributed by atoms with van der Waals surface area (Å²) in [7, 11) is 0. The monoisotopic (exact) mass is 419 g/mol. The van der Waals surface area contributed by atoms with Crippen molar-refractivity contribution < 1.29 is 34.9 Å². The number of rotatable bonds is 12. The quantitative estimate of drug-likeness (QED) is 0.178. The molecule has 158 valence electrons. The third-order valence-electron chi connectivity index (χ3n) is 3.44. The average molecular weight is 419 g/mol. The zero-order valence-corrected chi connectivity index (χ0v) is 17.1. The maximum atomic E-state index is 12.3. The number of amides is 3. The highest BCUT2D eigenvalue weighted by molar-refractivity contribution is 7.81. The molecule has 5 atom stereocenters. The van der Waals surface area contributed by atoms with Gasteiger partial charge >= 0.3 is 5.97 Å². The van der Waals surface area contributed by atoms with Gasteiger partial charge < -0.3 is 30.3 Å². The first-order chi connectivity index (χ1) is 13.4. The van der Waals surface area contributed by atoms with Crippen molar-refractivity contribution in [2.45, 2.75) is 70.0 Å². The van der Waals surface area contributed by atoms with Crippen LogP contribution < -0.4 is 16.0 Å². The van der Waals surface area contributed by atoms with Crippen LogP contribution in [0, 0.1) is 0 Å². The number of esters is 1. The molecule has 0 aromatic heterocycles. The van der Waals surface area contributed by atoms with Crippen molar-refractivity contribution in [1.29, 1.82) is 0 Å². The maximum Gasteiger partial charge on any atom is 0.306 e. The number of ether oxygens (including phenoxy) is 1. The van der Waals surface area contributed by atoms with Gasteiger partial charge in [0, 0.05) is 6.42 Å². The highest BCUT2D eigenvalue weighted by atomic mass is 32.1. The molecule has 0 spiro atoms. The molecule has 0 rings (SSSR count). The summed E-state index contributed by atoms with van der Waals surface area (Å²) in [5, 5.41) is 6.27. The van der Waals surface area contributed by atoms with E-state index in [-0.39, 0.29) is 12.8 Å². The van der Waals surface area contributed by atoms with E-state index in [9.17, 15) is 28.8 Å². The lowest BCUT2D eigenvalue weighted by molar-refractivity contribution is -0.155. The van der Waals surface area contributed by atoms with Gasteiger partial charge in [-0.05, 0) is 34.1 Å². The van der Waals surface area contributed by atoms with Gasteiger partial charge in [0.05, 0.1) is 17.3 Å². The van der Waals surface area contributed by atoms with Gasteiger partial charge in [-0.2, -0.15) is 12.6 Å². The largest absolute Gasteiger partial charge is 0.453 e. The molecular formula is C17H27N3O7S. The number of hydrogen-bond donors (Lipinski definition) is 4. The Bertz CT molecular complexity index is 645. The molecule has 0 saturated heterocycles. The van der Waals surface area contributed by atoms with E-state index in [4.69, 9.17) is 6.11 Å². The molecule has 3 N–H and O–H groups in total. The second-order valence-corrected chi connectivity index (χ2v) is 6.96. The second-order valence-electron chi connectivity index (χ2n) is 6.19. The van der Waals surface area contributed by atoms with E-state index in [1.807, 2.05) is 0 Å². The van der Waals surface area contributed by atoms with E-state index in [0.29, 0.717) is 6.29 Å². The van der Waals surface area contributed by atoms with Crippen molar-refractivity contribution in [2.24, 2.45) is 0 Å². The summed E-state index contributed by atoms with van der Waals surface area (Å²) in [6.07, 6.45) is -2.15. The van der Waals surface area contributed by atoms with E-state index in [2.05, 4.69) is 28.6 Å². The smallest absolute Gasteiger partial charge is 0.306 e. The topological polar surface area (TPSA) is 148 Å². The Morgan fingerprint density at radius 2 is 1.54 bits per heavy atom. The number of carbonyl (C=O) groups is 6. The number of nitrogens with one attached hydrogen (secondary N) is 3. The van der Waals surface area contributed by atoms with Gasteiger partial charge in [-0.15, -0.1) is 0 Å². The van der Waals surface area contributed by atoms with Crippen molar-refractivity contribution in [3.63, 3.8) is 0 Å². The Hall–Kier alpha value is -2.43. The number of thiol groups is 1. The van der Waals surface area contributed by atoms with Crippen LogP contribution in [0.2, 0.25) is 0 Å². The summed E-state index contributed by atoms with van der Waals surface area (Å²) >= 11 is 3.96. The highest BCUT2D eigenvalue weighted by Gasteiger charge is 2.26. The molecule has 10 nitrogen and oxygen atoms in total. The molecule has 0 aliphatic carbocycles. The Morgan fingerprint density at radius 3 is 2.04 bits per heavy atom. The zero-order chi connectivity index (χ0) is 22.7. The van der Waals surface area contributed by atoms with Gasteiger partial charge in [0.15, 0.2) is 6.10 Å². The number of hydrogen-bond acceptors (Lipinski definition) is 8. The minimum Gasteiger partial charge on any atom is -0.453 e. The third-order valence-corrected chi connectivity index (χ3v) is 3.67. The summed E-state index contributed by atoms with van der Waals surface area (Å²) < 4.78 is 11.9. The van der Waals surface area contributed by atoms with Gasteiger partial charge in [-0.25, -0.2) is 0 Å². The van der Waals surface area contributed by atoms with Crippen LogP contribution >= 0.6 is 12.6 Å². The summed E-state index contributed by atoms with van der Waals surface area (Å²) in [5.74, 6) is -2.78. The van der Waals surface area contributed by atoms with Crippen LogP contribution in [-0.4, -0.2) is 65.7 Å². The molecule has 5 unspecified atom stereocenters. The Labute approximate surface area is 170 Å². The summed E-state index contributed by atoms with van der Waals surface area (Å²) in [4.78, 5) is 69.4. The molecule has 3 amide bonds. The van der Waals surface area contributed by atoms with Crippen LogP contribution in [0.15, 0.2) is 0 Å². The fourth-order valence-electron chi connectivity index (χ4n) is 1.85. The van der Waals surface area contributed by atoms with Crippen LogP contribution in [-0.2, 0) is 33.5 Å². The number of carbonyl (C=O) groups excluding carboxylic acids is 6. The average Bonchev–Trinajstić information content (AvgIpc) is 2.63. The van der Waals surface area contributed by atoms with Gasteiger partial charge in [-0.3, -0.25) is 19.2 Å². The van der Waals surface area contributed by atoms with Crippen molar-refractivity contribution in [3.8, 4) is 0 Å². The number of aldehydes is 2. The molecule has 0 heterocycles. The molecule has 0 radical (unpaired) electrons. The summed E-state index contributed by atoms with van der Waals surface area (Å²) in [6.45, 7) is 5.57. The van der Waals surface area contributed by atoms with Crippen LogP contribution in [0.1, 0.15) is 41.9 Å². The van der Waals surface area contributed by atoms with Crippen LogP contribution in [0.4, 0.5) is 0 Å². The van der Waals surface area contributed by atoms with Crippen molar-refractivity contribution in [2.75, 3.05) is 0 Å². The van der Waals surface area contributed by atoms with Crippen LogP contribution in [0.3, 0.4) is 0 Å². The van der Waals surface area contributed by atoms with Gasteiger partial charge in [0.25, 0.3) is 5.91 Å². The minimum atomic E-state index is -1.18. The SMILES string of the molecule is [3H]C(=O)C(C)NC(=O)C(CCC(=O)OC(C)C(=O)NC(C)C=O)NC(=O)C(C)S. The zero-order valence-electron chi connectivity index (χ0n) is 17.2. The molecular weight excluding hydrogens is 390 g/mol. The van der Waals surface area contributed by atoms with Gasteiger partial charge in [0.2, 0.25) is 11.8 Å². The molecule has 11 heteroatoms. The Kier molecular flexibility index (Phi) is 10.8. The first-order valence-electron chi connectivity index (χ1n) is 9.13. The van der Waals surface area contributed by atoms with Crippen molar-refractivity contribution in [1.82, 2.24) is 16.0 Å². The standard InChI is InChI=1S/C17H27N3O7S/c1-9(7-21)18-15(24)11(3)27-14(23)6-5-13(20-16(25)12(4)28)17(26)19-10(2)8-22/h7-13,28H,5-6H2,1-4H3,(H,18,24)(H,19,26)(H,20,25)/i8T. The second kappa shape index (κ2) is 12.9. The lowest BCUT2D eigenvalue weighted by atomic mass is 10.1. The Morgan fingerprint density at radius 1 is 0.964 bits per heavy atom. The molecule has 0 fully saturated rings. The predicted molar refractivity (Wildman–Crippen MR) is 103 cm³/mol. The van der Waals surface area contributed by atoms with Gasteiger partial charge in [-0.1, -0.05) is 0 Å². The molecule has 0 aliphatic heterocycles. The van der Waals surface area contributed by atoms with Crippen molar-refractivity contribution >= 4 is 48.9 Å². The van der Waals surface area contributed by atoms with Crippen molar-refractivity contribution in [3.05, 3.63) is 0 Å². The van der Waals surface area contributed by atoms with E-state index >= 15 is 0 Å².